The molecule has 0 bridgehead atoms. The van der Waals surface area contributed by atoms with Crippen LogP contribution < -0.4 is 10.5 Å². The highest BCUT2D eigenvalue weighted by Crippen LogP contribution is 2.30. The predicted molar refractivity (Wildman–Crippen MR) is 78.0 cm³/mol. The van der Waals surface area contributed by atoms with E-state index in [1.165, 1.54) is 36.8 Å². The number of rotatable bonds is 7. The van der Waals surface area contributed by atoms with Gasteiger partial charge in [0.15, 0.2) is 0 Å². The van der Waals surface area contributed by atoms with Crippen molar-refractivity contribution in [3.8, 4) is 5.75 Å². The topological polar surface area (TPSA) is 35.2 Å². The zero-order valence-corrected chi connectivity index (χ0v) is 12.2. The van der Waals surface area contributed by atoms with Crippen LogP contribution >= 0.6 is 0 Å². The second kappa shape index (κ2) is 7.42. The molecule has 0 spiro atoms. The van der Waals surface area contributed by atoms with Gasteiger partial charge in [-0.3, -0.25) is 0 Å². The minimum atomic E-state index is 0.149. The summed E-state index contributed by atoms with van der Waals surface area (Å²) in [6.45, 7) is 6.58. The van der Waals surface area contributed by atoms with Crippen LogP contribution in [-0.4, -0.2) is 7.11 Å². The van der Waals surface area contributed by atoms with Crippen molar-refractivity contribution in [3.63, 3.8) is 0 Å². The molecule has 1 aromatic carbocycles. The van der Waals surface area contributed by atoms with Gasteiger partial charge in [-0.15, -0.1) is 0 Å². The van der Waals surface area contributed by atoms with Gasteiger partial charge in [0.2, 0.25) is 0 Å². The summed E-state index contributed by atoms with van der Waals surface area (Å²) < 4.78 is 5.24. The summed E-state index contributed by atoms with van der Waals surface area (Å²) in [6, 6.07) is 6.36. The van der Waals surface area contributed by atoms with E-state index in [9.17, 15) is 0 Å². The molecule has 0 aliphatic heterocycles. The minimum Gasteiger partial charge on any atom is -0.497 e. The molecule has 18 heavy (non-hydrogen) atoms. The molecule has 0 amide bonds. The number of nitrogens with two attached hydrogens (primary N) is 1. The standard InChI is InChI=1S/C16H27NO/c1-5-7-13(8-6-2)16(17)15-10-9-14(18-4)11-12(15)3/h9-11,13,16H,5-8,17H2,1-4H3. The number of ether oxygens (including phenoxy) is 1. The molecule has 0 heterocycles. The molecule has 0 radical (unpaired) electrons. The third-order valence-corrected chi connectivity index (χ3v) is 3.66. The molecule has 0 saturated carbocycles. The first-order valence-corrected chi connectivity index (χ1v) is 7.04. The van der Waals surface area contributed by atoms with Gasteiger partial charge in [0.05, 0.1) is 7.11 Å². The van der Waals surface area contributed by atoms with Gasteiger partial charge >= 0.3 is 0 Å². The maximum absolute atomic E-state index is 6.46. The average Bonchev–Trinajstić information content (AvgIpc) is 2.37. The van der Waals surface area contributed by atoms with E-state index in [4.69, 9.17) is 10.5 Å². The van der Waals surface area contributed by atoms with Crippen molar-refractivity contribution in [3.05, 3.63) is 29.3 Å². The molecular formula is C16H27NO. The minimum absolute atomic E-state index is 0.149. The van der Waals surface area contributed by atoms with E-state index >= 15 is 0 Å². The molecule has 0 aromatic heterocycles. The third-order valence-electron chi connectivity index (χ3n) is 3.66. The summed E-state index contributed by atoms with van der Waals surface area (Å²) in [5, 5.41) is 0. The summed E-state index contributed by atoms with van der Waals surface area (Å²) in [4.78, 5) is 0. The number of methoxy groups -OCH3 is 1. The van der Waals surface area contributed by atoms with Crippen LogP contribution in [0.5, 0.6) is 5.75 Å². The number of benzene rings is 1. The lowest BCUT2D eigenvalue weighted by atomic mass is 9.85. The molecule has 102 valence electrons. The second-order valence-corrected chi connectivity index (χ2v) is 5.09. The molecular weight excluding hydrogens is 222 g/mol. The number of hydrogen-bond donors (Lipinski definition) is 1. The highest BCUT2D eigenvalue weighted by atomic mass is 16.5. The van der Waals surface area contributed by atoms with Crippen molar-refractivity contribution in [2.45, 2.75) is 52.5 Å². The fourth-order valence-electron chi connectivity index (χ4n) is 2.65. The lowest BCUT2D eigenvalue weighted by molar-refractivity contribution is 0.367. The third kappa shape index (κ3) is 3.74. The molecule has 1 rings (SSSR count). The Labute approximate surface area is 112 Å². The number of aryl methyl sites for hydroxylation is 1. The summed E-state index contributed by atoms with van der Waals surface area (Å²) in [5.41, 5.74) is 8.96. The Bertz CT molecular complexity index is 356. The Morgan fingerprint density at radius 3 is 2.22 bits per heavy atom. The van der Waals surface area contributed by atoms with Crippen molar-refractivity contribution >= 4 is 0 Å². The van der Waals surface area contributed by atoms with Crippen LogP contribution in [0.1, 0.15) is 56.7 Å². The van der Waals surface area contributed by atoms with E-state index in [2.05, 4.69) is 32.9 Å². The second-order valence-electron chi connectivity index (χ2n) is 5.09. The van der Waals surface area contributed by atoms with Crippen LogP contribution in [-0.2, 0) is 0 Å². The summed E-state index contributed by atoms with van der Waals surface area (Å²) in [7, 11) is 1.70. The lowest BCUT2D eigenvalue weighted by Gasteiger charge is -2.25. The van der Waals surface area contributed by atoms with Gasteiger partial charge < -0.3 is 10.5 Å². The van der Waals surface area contributed by atoms with E-state index in [-0.39, 0.29) is 6.04 Å². The monoisotopic (exact) mass is 249 g/mol. The molecule has 2 nitrogen and oxygen atoms in total. The Morgan fingerprint density at radius 2 is 1.78 bits per heavy atom. The zero-order chi connectivity index (χ0) is 13.5. The Morgan fingerprint density at radius 1 is 1.17 bits per heavy atom. The van der Waals surface area contributed by atoms with Crippen molar-refractivity contribution in [2.75, 3.05) is 7.11 Å². The fourth-order valence-corrected chi connectivity index (χ4v) is 2.65. The summed E-state index contributed by atoms with van der Waals surface area (Å²) >= 11 is 0. The van der Waals surface area contributed by atoms with Gasteiger partial charge in [0, 0.05) is 6.04 Å². The first kappa shape index (κ1) is 15.0. The van der Waals surface area contributed by atoms with Gasteiger partial charge in [-0.1, -0.05) is 32.8 Å². The molecule has 1 unspecified atom stereocenters. The molecule has 2 heteroatoms. The molecule has 0 saturated heterocycles. The molecule has 1 atom stereocenters. The van der Waals surface area contributed by atoms with Gasteiger partial charge in [-0.05, 0) is 48.9 Å². The maximum Gasteiger partial charge on any atom is 0.119 e. The first-order chi connectivity index (χ1) is 8.63. The molecule has 2 N–H and O–H groups in total. The highest BCUT2D eigenvalue weighted by molar-refractivity contribution is 5.36. The number of hydrogen-bond acceptors (Lipinski definition) is 2. The maximum atomic E-state index is 6.46. The van der Waals surface area contributed by atoms with Crippen LogP contribution in [0.25, 0.3) is 0 Å². The van der Waals surface area contributed by atoms with Gasteiger partial charge in [0.25, 0.3) is 0 Å². The van der Waals surface area contributed by atoms with E-state index in [0.717, 1.165) is 5.75 Å². The first-order valence-electron chi connectivity index (χ1n) is 7.04. The summed E-state index contributed by atoms with van der Waals surface area (Å²) in [5.74, 6) is 1.50. The van der Waals surface area contributed by atoms with Crippen molar-refractivity contribution in [1.82, 2.24) is 0 Å². The van der Waals surface area contributed by atoms with Crippen molar-refractivity contribution < 1.29 is 4.74 Å². The Balaban J connectivity index is 2.89. The Hall–Kier alpha value is -1.02. The smallest absolute Gasteiger partial charge is 0.119 e. The van der Waals surface area contributed by atoms with Gasteiger partial charge in [-0.2, -0.15) is 0 Å². The lowest BCUT2D eigenvalue weighted by Crippen LogP contribution is -2.22. The predicted octanol–water partition coefficient (Wildman–Crippen LogP) is 4.22. The van der Waals surface area contributed by atoms with Crippen LogP contribution in [0.4, 0.5) is 0 Å². The van der Waals surface area contributed by atoms with E-state index in [0.29, 0.717) is 5.92 Å². The van der Waals surface area contributed by atoms with Crippen LogP contribution in [0.15, 0.2) is 18.2 Å². The van der Waals surface area contributed by atoms with E-state index in [1.54, 1.807) is 7.11 Å². The quantitative estimate of drug-likeness (QED) is 0.785. The average molecular weight is 249 g/mol. The summed E-state index contributed by atoms with van der Waals surface area (Å²) in [6.07, 6.45) is 4.82. The molecule has 0 aliphatic rings. The van der Waals surface area contributed by atoms with Gasteiger partial charge in [0.1, 0.15) is 5.75 Å². The molecule has 0 aliphatic carbocycles. The fraction of sp³-hybridized carbons (Fsp3) is 0.625. The zero-order valence-electron chi connectivity index (χ0n) is 12.2. The van der Waals surface area contributed by atoms with E-state index < -0.39 is 0 Å². The van der Waals surface area contributed by atoms with Crippen LogP contribution in [0, 0.1) is 12.8 Å². The van der Waals surface area contributed by atoms with Crippen molar-refractivity contribution in [2.24, 2.45) is 11.7 Å². The molecule has 1 aromatic rings. The highest BCUT2D eigenvalue weighted by Gasteiger charge is 2.19. The van der Waals surface area contributed by atoms with Crippen LogP contribution in [0.3, 0.4) is 0 Å². The van der Waals surface area contributed by atoms with Gasteiger partial charge in [-0.25, -0.2) is 0 Å². The molecule has 0 fully saturated rings. The normalized spacial score (nSPS) is 12.8. The van der Waals surface area contributed by atoms with E-state index in [1.807, 2.05) is 6.07 Å². The van der Waals surface area contributed by atoms with Crippen LogP contribution in [0.2, 0.25) is 0 Å². The SMILES string of the molecule is CCCC(CCC)C(N)c1ccc(OC)cc1C. The largest absolute Gasteiger partial charge is 0.497 e. The Kier molecular flexibility index (Phi) is 6.20. The van der Waals surface area contributed by atoms with Crippen molar-refractivity contribution in [1.29, 1.82) is 0 Å².